The van der Waals surface area contributed by atoms with E-state index < -0.39 is 0 Å². The molecular formula is C17H28FN3O2. The number of rotatable bonds is 8. The van der Waals surface area contributed by atoms with Crippen LogP contribution in [0.4, 0.5) is 4.39 Å². The molecule has 1 aliphatic heterocycles. The number of aliphatic hydroxyl groups excluding tert-OH is 1. The quantitative estimate of drug-likeness (QED) is 0.763. The van der Waals surface area contributed by atoms with Gasteiger partial charge in [0.15, 0.2) is 0 Å². The van der Waals surface area contributed by atoms with E-state index in [1.54, 1.807) is 12.1 Å². The molecule has 1 aromatic rings. The number of hydrogen-bond acceptors (Lipinski definition) is 5. The van der Waals surface area contributed by atoms with Gasteiger partial charge in [0.1, 0.15) is 18.2 Å². The van der Waals surface area contributed by atoms with E-state index in [0.717, 1.165) is 26.2 Å². The molecule has 2 rings (SSSR count). The summed E-state index contributed by atoms with van der Waals surface area (Å²) in [6.07, 6.45) is -0.363. The number of ether oxygens (including phenoxy) is 1. The van der Waals surface area contributed by atoms with E-state index in [1.807, 2.05) is 11.9 Å². The van der Waals surface area contributed by atoms with Gasteiger partial charge >= 0.3 is 0 Å². The van der Waals surface area contributed by atoms with E-state index in [-0.39, 0.29) is 11.9 Å². The molecule has 0 spiro atoms. The van der Waals surface area contributed by atoms with Crippen LogP contribution in [0.5, 0.6) is 5.75 Å². The Labute approximate surface area is 138 Å². The highest BCUT2D eigenvalue weighted by molar-refractivity contribution is 5.22. The van der Waals surface area contributed by atoms with Crippen molar-refractivity contribution in [2.24, 2.45) is 0 Å². The van der Waals surface area contributed by atoms with Gasteiger partial charge in [-0.1, -0.05) is 6.07 Å². The number of benzene rings is 1. The van der Waals surface area contributed by atoms with Crippen molar-refractivity contribution in [3.63, 3.8) is 0 Å². The Hall–Kier alpha value is -1.21. The number of likely N-dealkylation sites (N-methyl/N-ethyl adjacent to an activating group) is 2. The maximum absolute atomic E-state index is 13.0. The maximum atomic E-state index is 13.0. The number of halogens is 1. The molecule has 0 saturated carbocycles. The third kappa shape index (κ3) is 6.83. The first-order valence-electron chi connectivity index (χ1n) is 8.19. The molecule has 5 nitrogen and oxygen atoms in total. The third-order valence-corrected chi connectivity index (χ3v) is 4.13. The number of hydrogen-bond donors (Lipinski definition) is 1. The molecule has 1 aliphatic rings. The summed E-state index contributed by atoms with van der Waals surface area (Å²) < 4.78 is 18.6. The molecular weight excluding hydrogens is 297 g/mol. The Morgan fingerprint density at radius 1 is 1.30 bits per heavy atom. The molecule has 1 unspecified atom stereocenters. The van der Waals surface area contributed by atoms with E-state index in [4.69, 9.17) is 4.74 Å². The summed E-state index contributed by atoms with van der Waals surface area (Å²) in [5, 5.41) is 10.2. The van der Waals surface area contributed by atoms with Gasteiger partial charge in [-0.2, -0.15) is 0 Å². The summed E-state index contributed by atoms with van der Waals surface area (Å²) >= 11 is 0. The average Bonchev–Trinajstić information content (AvgIpc) is 2.49. The first-order chi connectivity index (χ1) is 11.0. The first-order valence-corrected chi connectivity index (χ1v) is 8.19. The standard InChI is InChI=1S/C17H28FN3O2/c1-19-6-8-21(9-7-19)14-16(22)13-20(2)10-11-23-17-5-3-4-15(18)12-17/h3-5,12,16,22H,6-11,13-14H2,1-2H3. The minimum atomic E-state index is -0.363. The number of nitrogens with zero attached hydrogens (tertiary/aromatic N) is 3. The molecule has 23 heavy (non-hydrogen) atoms. The van der Waals surface area contributed by atoms with Crippen LogP contribution >= 0.6 is 0 Å². The van der Waals surface area contributed by atoms with Crippen molar-refractivity contribution in [1.82, 2.24) is 14.7 Å². The Morgan fingerprint density at radius 2 is 2.04 bits per heavy atom. The molecule has 1 N–H and O–H groups in total. The highest BCUT2D eigenvalue weighted by atomic mass is 19.1. The van der Waals surface area contributed by atoms with Gasteiger partial charge in [-0.05, 0) is 26.2 Å². The van der Waals surface area contributed by atoms with Crippen molar-refractivity contribution in [3.8, 4) is 5.75 Å². The van der Waals surface area contributed by atoms with E-state index in [2.05, 4.69) is 16.8 Å². The molecule has 0 amide bonds. The van der Waals surface area contributed by atoms with Crippen molar-refractivity contribution in [2.45, 2.75) is 6.10 Å². The van der Waals surface area contributed by atoms with Crippen LogP contribution in [0.3, 0.4) is 0 Å². The SMILES string of the molecule is CN1CCN(CC(O)CN(C)CCOc2cccc(F)c2)CC1. The normalized spacial score (nSPS) is 18.3. The highest BCUT2D eigenvalue weighted by Crippen LogP contribution is 2.11. The fraction of sp³-hybridized carbons (Fsp3) is 0.647. The van der Waals surface area contributed by atoms with Crippen LogP contribution in [0.2, 0.25) is 0 Å². The largest absolute Gasteiger partial charge is 0.492 e. The second-order valence-electron chi connectivity index (χ2n) is 6.33. The van der Waals surface area contributed by atoms with E-state index in [9.17, 15) is 9.50 Å². The Bertz CT molecular complexity index is 467. The van der Waals surface area contributed by atoms with Crippen molar-refractivity contribution >= 4 is 0 Å². The van der Waals surface area contributed by atoms with Gasteiger partial charge in [-0.25, -0.2) is 4.39 Å². The maximum Gasteiger partial charge on any atom is 0.126 e. The lowest BCUT2D eigenvalue weighted by Gasteiger charge is -2.34. The molecule has 0 aliphatic carbocycles. The summed E-state index contributed by atoms with van der Waals surface area (Å²) in [6, 6.07) is 6.15. The predicted molar refractivity (Wildman–Crippen MR) is 89.3 cm³/mol. The van der Waals surface area contributed by atoms with Gasteiger partial charge in [0.05, 0.1) is 6.10 Å². The van der Waals surface area contributed by atoms with Crippen molar-refractivity contribution < 1.29 is 14.2 Å². The zero-order valence-corrected chi connectivity index (χ0v) is 14.1. The van der Waals surface area contributed by atoms with E-state index >= 15 is 0 Å². The van der Waals surface area contributed by atoms with E-state index in [0.29, 0.717) is 32.0 Å². The number of β-amino-alcohol motifs (C(OH)–C–C–N with tert-alkyl or cyclic N) is 1. The molecule has 130 valence electrons. The molecule has 1 fully saturated rings. The van der Waals surface area contributed by atoms with Crippen LogP contribution in [0, 0.1) is 5.82 Å². The first kappa shape index (κ1) is 18.1. The second-order valence-corrected chi connectivity index (χ2v) is 6.33. The fourth-order valence-corrected chi connectivity index (χ4v) is 2.71. The lowest BCUT2D eigenvalue weighted by atomic mass is 10.2. The minimum absolute atomic E-state index is 0.293. The molecule has 0 bridgehead atoms. The van der Waals surface area contributed by atoms with Gasteiger partial charge in [0, 0.05) is 51.9 Å². The van der Waals surface area contributed by atoms with Crippen LogP contribution < -0.4 is 4.74 Å². The lowest BCUT2D eigenvalue weighted by Crippen LogP contribution is -2.48. The van der Waals surface area contributed by atoms with Crippen LogP contribution in [0.1, 0.15) is 0 Å². The zero-order valence-electron chi connectivity index (χ0n) is 14.1. The second kappa shape index (κ2) is 9.17. The molecule has 1 atom stereocenters. The third-order valence-electron chi connectivity index (χ3n) is 4.13. The summed E-state index contributed by atoms with van der Waals surface area (Å²) in [7, 11) is 4.09. The van der Waals surface area contributed by atoms with Gasteiger partial charge in [-0.15, -0.1) is 0 Å². The Balaban J connectivity index is 1.61. The van der Waals surface area contributed by atoms with E-state index in [1.165, 1.54) is 12.1 Å². The molecule has 1 heterocycles. The monoisotopic (exact) mass is 325 g/mol. The summed E-state index contributed by atoms with van der Waals surface area (Å²) in [4.78, 5) is 6.65. The molecule has 0 aromatic heterocycles. The van der Waals surface area contributed by atoms with Gasteiger partial charge in [0.25, 0.3) is 0 Å². The van der Waals surface area contributed by atoms with Crippen LogP contribution in [-0.4, -0.2) is 92.4 Å². The fourth-order valence-electron chi connectivity index (χ4n) is 2.71. The van der Waals surface area contributed by atoms with Crippen LogP contribution in [-0.2, 0) is 0 Å². The molecule has 1 saturated heterocycles. The highest BCUT2D eigenvalue weighted by Gasteiger charge is 2.17. The van der Waals surface area contributed by atoms with Crippen LogP contribution in [0.25, 0.3) is 0 Å². The number of aliphatic hydroxyl groups is 1. The predicted octanol–water partition coefficient (Wildman–Crippen LogP) is 0.745. The van der Waals surface area contributed by atoms with Crippen molar-refractivity contribution in [2.75, 3.05) is 66.5 Å². The number of piperazine rings is 1. The molecule has 1 aromatic carbocycles. The average molecular weight is 325 g/mol. The summed E-state index contributed by atoms with van der Waals surface area (Å²) in [6.45, 7) is 6.63. The van der Waals surface area contributed by atoms with Crippen molar-refractivity contribution in [1.29, 1.82) is 0 Å². The van der Waals surface area contributed by atoms with Gasteiger partial charge in [-0.3, -0.25) is 4.90 Å². The molecule has 0 radical (unpaired) electrons. The van der Waals surface area contributed by atoms with Gasteiger partial charge in [0.2, 0.25) is 0 Å². The van der Waals surface area contributed by atoms with Crippen molar-refractivity contribution in [3.05, 3.63) is 30.1 Å². The molecule has 6 heteroatoms. The smallest absolute Gasteiger partial charge is 0.126 e. The Morgan fingerprint density at radius 3 is 2.74 bits per heavy atom. The zero-order chi connectivity index (χ0) is 16.7. The lowest BCUT2D eigenvalue weighted by molar-refractivity contribution is 0.0582. The Kier molecular flexibility index (Phi) is 7.23. The summed E-state index contributed by atoms with van der Waals surface area (Å²) in [5.41, 5.74) is 0. The topological polar surface area (TPSA) is 39.2 Å². The summed E-state index contributed by atoms with van der Waals surface area (Å²) in [5.74, 6) is 0.245. The minimum Gasteiger partial charge on any atom is -0.492 e. The van der Waals surface area contributed by atoms with Gasteiger partial charge < -0.3 is 19.6 Å². The van der Waals surface area contributed by atoms with Crippen LogP contribution in [0.15, 0.2) is 24.3 Å².